The topological polar surface area (TPSA) is 122 Å². The summed E-state index contributed by atoms with van der Waals surface area (Å²) in [4.78, 5) is 32.0. The number of carboxylic acid groups (broad SMARTS) is 1. The maximum Gasteiger partial charge on any atom is 0.303 e. The average Bonchev–Trinajstić information content (AvgIpc) is 2.38. The third-order valence-corrected chi connectivity index (χ3v) is 2.40. The Morgan fingerprint density at radius 1 is 1.30 bits per heavy atom. The molecule has 0 atom stereocenters. The molecule has 0 unspecified atom stereocenters. The Morgan fingerprint density at radius 2 is 2.00 bits per heavy atom. The van der Waals surface area contributed by atoms with Gasteiger partial charge in [0, 0.05) is 12.5 Å². The van der Waals surface area contributed by atoms with Gasteiger partial charge in [0.2, 0.25) is 5.91 Å². The Labute approximate surface area is 114 Å². The number of rotatable bonds is 8. The molecule has 0 aliphatic carbocycles. The monoisotopic (exact) mass is 281 g/mol. The SMILES string of the molecule is O=C(O)CCCNCC(=O)Nc1ccccc1[N+](=O)[O-]. The molecule has 8 heteroatoms. The van der Waals surface area contributed by atoms with Gasteiger partial charge in [0.15, 0.2) is 0 Å². The molecule has 0 heterocycles. The number of nitrogens with zero attached hydrogens (tertiary/aromatic N) is 1. The molecular weight excluding hydrogens is 266 g/mol. The number of benzene rings is 1. The molecule has 1 amide bonds. The van der Waals surface area contributed by atoms with Gasteiger partial charge in [-0.05, 0) is 19.0 Å². The van der Waals surface area contributed by atoms with Crippen molar-refractivity contribution in [1.82, 2.24) is 5.32 Å². The summed E-state index contributed by atoms with van der Waals surface area (Å²) in [5.74, 6) is -1.31. The van der Waals surface area contributed by atoms with Gasteiger partial charge >= 0.3 is 5.97 Å². The van der Waals surface area contributed by atoms with E-state index in [1.165, 1.54) is 18.2 Å². The normalized spacial score (nSPS) is 10.0. The number of nitro groups is 1. The minimum Gasteiger partial charge on any atom is -0.481 e. The lowest BCUT2D eigenvalue weighted by atomic mass is 10.2. The van der Waals surface area contributed by atoms with Crippen LogP contribution in [0.15, 0.2) is 24.3 Å². The summed E-state index contributed by atoms with van der Waals surface area (Å²) in [5.41, 5.74) is -0.0402. The van der Waals surface area contributed by atoms with Gasteiger partial charge < -0.3 is 15.7 Å². The van der Waals surface area contributed by atoms with Crippen molar-refractivity contribution in [3.05, 3.63) is 34.4 Å². The Hall–Kier alpha value is -2.48. The molecule has 108 valence electrons. The van der Waals surface area contributed by atoms with Crippen LogP contribution in [0.5, 0.6) is 0 Å². The third-order valence-electron chi connectivity index (χ3n) is 2.40. The molecule has 8 nitrogen and oxygen atoms in total. The van der Waals surface area contributed by atoms with Crippen LogP contribution >= 0.6 is 0 Å². The first-order valence-electron chi connectivity index (χ1n) is 5.96. The number of carbonyl (C=O) groups excluding carboxylic acids is 1. The number of hydrogen-bond donors (Lipinski definition) is 3. The second kappa shape index (κ2) is 7.85. The average molecular weight is 281 g/mol. The van der Waals surface area contributed by atoms with Crippen LogP contribution in [0.1, 0.15) is 12.8 Å². The Bertz CT molecular complexity index is 504. The lowest BCUT2D eigenvalue weighted by molar-refractivity contribution is -0.383. The van der Waals surface area contributed by atoms with Crippen LogP contribution in [-0.4, -0.2) is 35.0 Å². The van der Waals surface area contributed by atoms with Gasteiger partial charge in [-0.15, -0.1) is 0 Å². The number of aliphatic carboxylic acids is 1. The molecule has 0 bridgehead atoms. The number of amides is 1. The number of nitrogens with one attached hydrogen (secondary N) is 2. The quantitative estimate of drug-likeness (QED) is 0.371. The van der Waals surface area contributed by atoms with E-state index in [9.17, 15) is 19.7 Å². The summed E-state index contributed by atoms with van der Waals surface area (Å²) in [6.07, 6.45) is 0.437. The molecule has 0 aromatic heterocycles. The van der Waals surface area contributed by atoms with Crippen molar-refractivity contribution in [2.24, 2.45) is 0 Å². The number of para-hydroxylation sites is 2. The van der Waals surface area contributed by atoms with E-state index in [1.54, 1.807) is 6.07 Å². The predicted molar refractivity (Wildman–Crippen MR) is 71.5 cm³/mol. The molecule has 0 aliphatic rings. The van der Waals surface area contributed by atoms with Crippen molar-refractivity contribution in [3.8, 4) is 0 Å². The Kier molecular flexibility index (Phi) is 6.11. The van der Waals surface area contributed by atoms with E-state index < -0.39 is 16.8 Å². The summed E-state index contributed by atoms with van der Waals surface area (Å²) in [6, 6.07) is 5.84. The molecule has 3 N–H and O–H groups in total. The zero-order chi connectivity index (χ0) is 15.0. The highest BCUT2D eigenvalue weighted by molar-refractivity contribution is 5.94. The molecule has 0 aliphatic heterocycles. The number of anilines is 1. The van der Waals surface area contributed by atoms with Crippen molar-refractivity contribution < 1.29 is 19.6 Å². The smallest absolute Gasteiger partial charge is 0.303 e. The van der Waals surface area contributed by atoms with Gasteiger partial charge in [0.1, 0.15) is 5.69 Å². The van der Waals surface area contributed by atoms with Crippen LogP contribution < -0.4 is 10.6 Å². The maximum absolute atomic E-state index is 11.6. The van der Waals surface area contributed by atoms with E-state index in [4.69, 9.17) is 5.11 Å². The van der Waals surface area contributed by atoms with Gasteiger partial charge in [-0.25, -0.2) is 0 Å². The second-order valence-corrected chi connectivity index (χ2v) is 4.00. The first kappa shape index (κ1) is 15.6. The van der Waals surface area contributed by atoms with Gasteiger partial charge in [-0.2, -0.15) is 0 Å². The van der Waals surface area contributed by atoms with Gasteiger partial charge in [-0.1, -0.05) is 12.1 Å². The number of carboxylic acids is 1. The summed E-state index contributed by atoms with van der Waals surface area (Å²) < 4.78 is 0. The van der Waals surface area contributed by atoms with Crippen LogP contribution in [0.4, 0.5) is 11.4 Å². The Balaban J connectivity index is 2.39. The summed E-state index contributed by atoms with van der Waals surface area (Å²) in [6.45, 7) is 0.349. The van der Waals surface area contributed by atoms with E-state index >= 15 is 0 Å². The number of carbonyl (C=O) groups is 2. The van der Waals surface area contributed by atoms with Crippen LogP contribution in [0, 0.1) is 10.1 Å². The minimum absolute atomic E-state index is 0.0266. The lowest BCUT2D eigenvalue weighted by Crippen LogP contribution is -2.29. The second-order valence-electron chi connectivity index (χ2n) is 4.00. The lowest BCUT2D eigenvalue weighted by Gasteiger charge is -2.06. The summed E-state index contributed by atoms with van der Waals surface area (Å²) in [5, 5.41) is 24.4. The molecular formula is C12H15N3O5. The van der Waals surface area contributed by atoms with Crippen LogP contribution in [-0.2, 0) is 9.59 Å². The van der Waals surface area contributed by atoms with E-state index in [2.05, 4.69) is 10.6 Å². The van der Waals surface area contributed by atoms with Crippen molar-refractivity contribution in [3.63, 3.8) is 0 Å². The first-order chi connectivity index (χ1) is 9.50. The highest BCUT2D eigenvalue weighted by Crippen LogP contribution is 2.22. The molecule has 0 saturated carbocycles. The summed E-state index contributed by atoms with van der Waals surface area (Å²) in [7, 11) is 0. The van der Waals surface area contributed by atoms with Crippen molar-refractivity contribution in [2.45, 2.75) is 12.8 Å². The fourth-order valence-corrected chi connectivity index (χ4v) is 1.50. The molecule has 0 spiro atoms. The van der Waals surface area contributed by atoms with Crippen LogP contribution in [0.3, 0.4) is 0 Å². The van der Waals surface area contributed by atoms with Gasteiger partial charge in [0.25, 0.3) is 5.69 Å². The largest absolute Gasteiger partial charge is 0.481 e. The van der Waals surface area contributed by atoms with Crippen molar-refractivity contribution in [2.75, 3.05) is 18.4 Å². The standard InChI is InChI=1S/C12H15N3O5/c16-11(8-13-7-3-6-12(17)18)14-9-4-1-2-5-10(9)15(19)20/h1-2,4-5,13H,3,6-8H2,(H,14,16)(H,17,18). The molecule has 1 aromatic carbocycles. The molecule has 0 saturated heterocycles. The minimum atomic E-state index is -0.892. The zero-order valence-electron chi connectivity index (χ0n) is 10.7. The molecule has 0 fully saturated rings. The predicted octanol–water partition coefficient (Wildman–Crippen LogP) is 0.988. The first-order valence-corrected chi connectivity index (χ1v) is 5.96. The maximum atomic E-state index is 11.6. The van der Waals surface area contributed by atoms with E-state index in [1.807, 2.05) is 0 Å². The van der Waals surface area contributed by atoms with Crippen LogP contribution in [0.2, 0.25) is 0 Å². The molecule has 20 heavy (non-hydrogen) atoms. The van der Waals surface area contributed by atoms with E-state index in [0.29, 0.717) is 13.0 Å². The zero-order valence-corrected chi connectivity index (χ0v) is 10.7. The Morgan fingerprint density at radius 3 is 2.65 bits per heavy atom. The fourth-order valence-electron chi connectivity index (χ4n) is 1.50. The highest BCUT2D eigenvalue weighted by Gasteiger charge is 2.14. The highest BCUT2D eigenvalue weighted by atomic mass is 16.6. The summed E-state index contributed by atoms with van der Waals surface area (Å²) >= 11 is 0. The fraction of sp³-hybridized carbons (Fsp3) is 0.333. The molecule has 1 aromatic rings. The number of hydrogen-bond acceptors (Lipinski definition) is 5. The van der Waals surface area contributed by atoms with Crippen molar-refractivity contribution >= 4 is 23.3 Å². The van der Waals surface area contributed by atoms with Gasteiger partial charge in [-0.3, -0.25) is 19.7 Å². The van der Waals surface area contributed by atoms with Crippen molar-refractivity contribution in [1.29, 1.82) is 0 Å². The molecule has 0 radical (unpaired) electrons. The van der Waals surface area contributed by atoms with E-state index in [0.717, 1.165) is 0 Å². The van der Waals surface area contributed by atoms with E-state index in [-0.39, 0.29) is 24.3 Å². The van der Waals surface area contributed by atoms with Crippen LogP contribution in [0.25, 0.3) is 0 Å². The number of nitro benzene ring substituents is 1. The molecule has 1 rings (SSSR count). The van der Waals surface area contributed by atoms with Gasteiger partial charge in [0.05, 0.1) is 11.5 Å². The third kappa shape index (κ3) is 5.44.